The fourth-order valence-corrected chi connectivity index (χ4v) is 3.23. The molecule has 0 unspecified atom stereocenters. The lowest BCUT2D eigenvalue weighted by Gasteiger charge is -2.30. The van der Waals surface area contributed by atoms with Crippen molar-refractivity contribution in [2.45, 2.75) is 39.7 Å². The van der Waals surface area contributed by atoms with Crippen LogP contribution in [0.5, 0.6) is 0 Å². The average Bonchev–Trinajstić information content (AvgIpc) is 2.95. The number of ether oxygens (including phenoxy) is 1. The van der Waals surface area contributed by atoms with Crippen LogP contribution in [0.25, 0.3) is 5.95 Å². The number of carbonyl (C=O) groups is 1. The summed E-state index contributed by atoms with van der Waals surface area (Å²) in [7, 11) is 1.74. The SMILES string of the molecule is COC1CCN(CC(=O)Nc2cc(C)nn2-c2nc(C)cc(C)n2)CC1. The molecular weight excluding hydrogens is 332 g/mol. The smallest absolute Gasteiger partial charge is 0.252 e. The van der Waals surface area contributed by atoms with E-state index in [2.05, 4.69) is 25.3 Å². The summed E-state index contributed by atoms with van der Waals surface area (Å²) in [6.07, 6.45) is 2.22. The molecule has 3 rings (SSSR count). The molecule has 2 aromatic rings. The first-order chi connectivity index (χ1) is 12.4. The molecule has 3 heterocycles. The van der Waals surface area contributed by atoms with Crippen molar-refractivity contribution in [3.8, 4) is 5.95 Å². The van der Waals surface area contributed by atoms with E-state index >= 15 is 0 Å². The van der Waals surface area contributed by atoms with Crippen LogP contribution in [0, 0.1) is 20.8 Å². The Morgan fingerprint density at radius 3 is 2.42 bits per heavy atom. The van der Waals surface area contributed by atoms with Crippen LogP contribution in [0.1, 0.15) is 29.9 Å². The molecule has 1 fully saturated rings. The fraction of sp³-hybridized carbons (Fsp3) is 0.556. The summed E-state index contributed by atoms with van der Waals surface area (Å²) in [5.41, 5.74) is 2.52. The van der Waals surface area contributed by atoms with Gasteiger partial charge in [-0.2, -0.15) is 9.78 Å². The summed E-state index contributed by atoms with van der Waals surface area (Å²) in [6, 6.07) is 3.73. The van der Waals surface area contributed by atoms with Crippen molar-refractivity contribution in [3.05, 3.63) is 29.2 Å². The van der Waals surface area contributed by atoms with Crippen LogP contribution < -0.4 is 5.32 Å². The Balaban J connectivity index is 1.69. The van der Waals surface area contributed by atoms with Crippen LogP contribution in [0.4, 0.5) is 5.82 Å². The first-order valence-corrected chi connectivity index (χ1v) is 8.89. The van der Waals surface area contributed by atoms with Gasteiger partial charge in [-0.1, -0.05) is 0 Å². The second-order valence-electron chi connectivity index (χ2n) is 6.79. The summed E-state index contributed by atoms with van der Waals surface area (Å²) < 4.78 is 6.96. The van der Waals surface area contributed by atoms with Crippen molar-refractivity contribution in [2.24, 2.45) is 0 Å². The van der Waals surface area contributed by atoms with Crippen molar-refractivity contribution in [1.29, 1.82) is 0 Å². The predicted octanol–water partition coefficient (Wildman–Crippen LogP) is 1.64. The zero-order chi connectivity index (χ0) is 18.7. The number of likely N-dealkylation sites (tertiary alicyclic amines) is 1. The molecule has 0 saturated carbocycles. The van der Waals surface area contributed by atoms with Gasteiger partial charge in [0.2, 0.25) is 5.91 Å². The zero-order valence-electron chi connectivity index (χ0n) is 15.8. The topological polar surface area (TPSA) is 85.2 Å². The number of rotatable bonds is 5. The Kier molecular flexibility index (Phi) is 5.63. The standard InChI is InChI=1S/C18H26N6O2/c1-12-9-13(2)20-18(19-12)24-16(10-14(3)22-24)21-17(25)11-23-7-5-15(26-4)6-8-23/h9-10,15H,5-8,11H2,1-4H3,(H,21,25). The van der Waals surface area contributed by atoms with Gasteiger partial charge in [0.25, 0.3) is 5.95 Å². The molecule has 26 heavy (non-hydrogen) atoms. The second kappa shape index (κ2) is 7.92. The Morgan fingerprint density at radius 2 is 1.81 bits per heavy atom. The van der Waals surface area contributed by atoms with Crippen LogP contribution in [0.3, 0.4) is 0 Å². The predicted molar refractivity (Wildman–Crippen MR) is 98.5 cm³/mol. The van der Waals surface area contributed by atoms with E-state index in [0.717, 1.165) is 43.0 Å². The minimum Gasteiger partial charge on any atom is -0.381 e. The summed E-state index contributed by atoms with van der Waals surface area (Å²) in [4.78, 5) is 23.5. The number of nitrogens with one attached hydrogen (secondary N) is 1. The Morgan fingerprint density at radius 1 is 1.15 bits per heavy atom. The van der Waals surface area contributed by atoms with Crippen LogP contribution in [0.2, 0.25) is 0 Å². The number of aromatic nitrogens is 4. The summed E-state index contributed by atoms with van der Waals surface area (Å²) in [5.74, 6) is 0.988. The zero-order valence-corrected chi connectivity index (χ0v) is 15.8. The number of methoxy groups -OCH3 is 1. The van der Waals surface area contributed by atoms with Gasteiger partial charge in [0.05, 0.1) is 18.3 Å². The van der Waals surface area contributed by atoms with Crippen molar-refractivity contribution < 1.29 is 9.53 Å². The van der Waals surface area contributed by atoms with Crippen LogP contribution in [0.15, 0.2) is 12.1 Å². The van der Waals surface area contributed by atoms with E-state index in [9.17, 15) is 4.79 Å². The molecule has 0 atom stereocenters. The quantitative estimate of drug-likeness (QED) is 0.874. The molecule has 0 bridgehead atoms. The van der Waals surface area contributed by atoms with Gasteiger partial charge in [-0.15, -0.1) is 0 Å². The Labute approximate surface area is 153 Å². The van der Waals surface area contributed by atoms with E-state index < -0.39 is 0 Å². The van der Waals surface area contributed by atoms with Crippen LogP contribution >= 0.6 is 0 Å². The highest BCUT2D eigenvalue weighted by Gasteiger charge is 2.21. The summed E-state index contributed by atoms with van der Waals surface area (Å²) in [6.45, 7) is 7.79. The van der Waals surface area contributed by atoms with E-state index in [0.29, 0.717) is 24.4 Å². The van der Waals surface area contributed by atoms with Gasteiger partial charge in [0.1, 0.15) is 5.82 Å². The number of hydrogen-bond acceptors (Lipinski definition) is 6. The minimum absolute atomic E-state index is 0.0635. The molecule has 1 N–H and O–H groups in total. The van der Waals surface area contributed by atoms with Gasteiger partial charge < -0.3 is 10.1 Å². The van der Waals surface area contributed by atoms with Gasteiger partial charge in [-0.05, 0) is 39.7 Å². The van der Waals surface area contributed by atoms with E-state index in [1.807, 2.05) is 32.9 Å². The molecule has 1 saturated heterocycles. The fourth-order valence-electron chi connectivity index (χ4n) is 3.23. The van der Waals surface area contributed by atoms with Gasteiger partial charge in [-0.25, -0.2) is 9.97 Å². The summed E-state index contributed by atoms with van der Waals surface area (Å²) in [5, 5.41) is 7.38. The molecule has 8 heteroatoms. The second-order valence-corrected chi connectivity index (χ2v) is 6.79. The number of amides is 1. The van der Waals surface area contributed by atoms with Gasteiger partial charge in [-0.3, -0.25) is 9.69 Å². The minimum atomic E-state index is -0.0635. The maximum absolute atomic E-state index is 12.5. The third kappa shape index (κ3) is 4.44. The Bertz CT molecular complexity index is 760. The van der Waals surface area contributed by atoms with Crippen LogP contribution in [-0.2, 0) is 9.53 Å². The number of nitrogens with zero attached hydrogens (tertiary/aromatic N) is 5. The molecule has 1 aliphatic rings. The third-order valence-corrected chi connectivity index (χ3v) is 4.49. The Hall–Kier alpha value is -2.32. The van der Waals surface area contributed by atoms with Crippen molar-refractivity contribution in [3.63, 3.8) is 0 Å². The largest absolute Gasteiger partial charge is 0.381 e. The van der Waals surface area contributed by atoms with Crippen molar-refractivity contribution in [2.75, 3.05) is 32.1 Å². The number of hydrogen-bond donors (Lipinski definition) is 1. The van der Waals surface area contributed by atoms with Gasteiger partial charge in [0, 0.05) is 37.7 Å². The van der Waals surface area contributed by atoms with Gasteiger partial charge in [0.15, 0.2) is 0 Å². The van der Waals surface area contributed by atoms with Crippen LogP contribution in [-0.4, -0.2) is 63.4 Å². The molecule has 0 aliphatic carbocycles. The molecule has 1 amide bonds. The molecule has 1 aliphatic heterocycles. The number of piperidine rings is 1. The number of aryl methyl sites for hydroxylation is 3. The molecule has 0 radical (unpaired) electrons. The maximum atomic E-state index is 12.5. The normalized spacial score (nSPS) is 16.0. The van der Waals surface area contributed by atoms with Crippen molar-refractivity contribution >= 4 is 11.7 Å². The van der Waals surface area contributed by atoms with Crippen molar-refractivity contribution in [1.82, 2.24) is 24.6 Å². The molecule has 2 aromatic heterocycles. The highest BCUT2D eigenvalue weighted by Crippen LogP contribution is 2.16. The first kappa shape index (κ1) is 18.5. The molecule has 0 spiro atoms. The first-order valence-electron chi connectivity index (χ1n) is 8.89. The summed E-state index contributed by atoms with van der Waals surface area (Å²) >= 11 is 0. The molecular formula is C18H26N6O2. The average molecular weight is 358 g/mol. The van der Waals surface area contributed by atoms with E-state index in [4.69, 9.17) is 4.74 Å². The van der Waals surface area contributed by atoms with Gasteiger partial charge >= 0.3 is 0 Å². The lowest BCUT2D eigenvalue weighted by molar-refractivity contribution is -0.118. The highest BCUT2D eigenvalue weighted by molar-refractivity contribution is 5.91. The van der Waals surface area contributed by atoms with E-state index in [1.54, 1.807) is 11.8 Å². The molecule has 140 valence electrons. The number of anilines is 1. The van der Waals surface area contributed by atoms with E-state index in [-0.39, 0.29) is 5.91 Å². The lowest BCUT2D eigenvalue weighted by Crippen LogP contribution is -2.41. The third-order valence-electron chi connectivity index (χ3n) is 4.49. The maximum Gasteiger partial charge on any atom is 0.252 e. The lowest BCUT2D eigenvalue weighted by atomic mass is 10.1. The van der Waals surface area contributed by atoms with E-state index in [1.165, 1.54) is 0 Å². The molecule has 0 aromatic carbocycles. The monoisotopic (exact) mass is 358 g/mol. The highest BCUT2D eigenvalue weighted by atomic mass is 16.5. The number of carbonyl (C=O) groups excluding carboxylic acids is 1. The molecule has 8 nitrogen and oxygen atoms in total.